The highest BCUT2D eigenvalue weighted by molar-refractivity contribution is 6.34. The molecule has 0 bridgehead atoms. The lowest BCUT2D eigenvalue weighted by molar-refractivity contribution is 0.102. The van der Waals surface area contributed by atoms with Crippen molar-refractivity contribution in [3.05, 3.63) is 64.4 Å². The van der Waals surface area contributed by atoms with Crippen LogP contribution < -0.4 is 5.32 Å². The molecule has 0 saturated heterocycles. The van der Waals surface area contributed by atoms with Crippen LogP contribution in [-0.4, -0.2) is 11.0 Å². The smallest absolute Gasteiger partial charge is 0.257 e. The minimum absolute atomic E-state index is 0.0482. The number of aliphatic hydroxyl groups excluding tert-OH is 1. The Bertz CT molecular complexity index is 644. The number of rotatable bonds is 3. The summed E-state index contributed by atoms with van der Waals surface area (Å²) in [6.45, 7) is 1.60. The molecule has 2 rings (SSSR count). The highest BCUT2D eigenvalue weighted by Crippen LogP contribution is 2.25. The maximum atomic E-state index is 13.3. The molecule has 0 aromatic heterocycles. The van der Waals surface area contributed by atoms with Crippen molar-refractivity contribution in [1.29, 1.82) is 0 Å². The number of anilines is 1. The van der Waals surface area contributed by atoms with E-state index >= 15 is 0 Å². The number of hydrogen-bond acceptors (Lipinski definition) is 2. The highest BCUT2D eigenvalue weighted by atomic mass is 35.5. The van der Waals surface area contributed by atoms with Crippen molar-refractivity contribution in [3.8, 4) is 0 Å². The zero-order valence-corrected chi connectivity index (χ0v) is 11.5. The van der Waals surface area contributed by atoms with Crippen LogP contribution in [0.25, 0.3) is 0 Å². The minimum atomic E-state index is -0.727. The van der Waals surface area contributed by atoms with Crippen LogP contribution in [0.15, 0.2) is 42.5 Å². The van der Waals surface area contributed by atoms with E-state index in [1.165, 1.54) is 18.2 Å². The summed E-state index contributed by atoms with van der Waals surface area (Å²) in [6.07, 6.45) is -0.727. The Kier molecular flexibility index (Phi) is 4.37. The summed E-state index contributed by atoms with van der Waals surface area (Å²) in [4.78, 5) is 12.1. The fourth-order valence-electron chi connectivity index (χ4n) is 1.84. The third kappa shape index (κ3) is 2.98. The molecule has 1 amide bonds. The maximum absolute atomic E-state index is 13.3. The molecule has 104 valence electrons. The first-order valence-electron chi connectivity index (χ1n) is 6.03. The summed E-state index contributed by atoms with van der Waals surface area (Å²) in [6, 6.07) is 10.9. The van der Waals surface area contributed by atoms with Crippen molar-refractivity contribution in [3.63, 3.8) is 0 Å². The highest BCUT2D eigenvalue weighted by Gasteiger charge is 2.15. The third-order valence-electron chi connectivity index (χ3n) is 2.86. The van der Waals surface area contributed by atoms with Crippen LogP contribution in [0.4, 0.5) is 10.1 Å². The number of para-hydroxylation sites is 1. The summed E-state index contributed by atoms with van der Waals surface area (Å²) < 4.78 is 13.3. The number of halogens is 2. The van der Waals surface area contributed by atoms with Crippen LogP contribution in [0.1, 0.15) is 28.9 Å². The van der Waals surface area contributed by atoms with Gasteiger partial charge in [0.2, 0.25) is 0 Å². The lowest BCUT2D eigenvalue weighted by Gasteiger charge is -2.13. The molecule has 2 aromatic carbocycles. The molecule has 0 radical (unpaired) electrons. The summed E-state index contributed by atoms with van der Waals surface area (Å²) >= 11 is 5.77. The van der Waals surface area contributed by atoms with Gasteiger partial charge in [0.05, 0.1) is 16.7 Å². The Balaban J connectivity index is 2.31. The van der Waals surface area contributed by atoms with Gasteiger partial charge in [-0.2, -0.15) is 0 Å². The van der Waals surface area contributed by atoms with Gasteiger partial charge in [-0.05, 0) is 25.1 Å². The van der Waals surface area contributed by atoms with Gasteiger partial charge in [0.25, 0.3) is 5.91 Å². The van der Waals surface area contributed by atoms with Crippen molar-refractivity contribution < 1.29 is 14.3 Å². The van der Waals surface area contributed by atoms with Crippen molar-refractivity contribution in [2.24, 2.45) is 0 Å². The fraction of sp³-hybridized carbons (Fsp3) is 0.133. The standard InChI is InChI=1S/C15H13ClFNO2/c1-9(19)10-5-2-3-8-13(10)18-15(20)11-6-4-7-12(17)14(11)16/h2-9,19H,1H3,(H,18,20). The number of nitrogens with one attached hydrogen (secondary N) is 1. The molecule has 3 nitrogen and oxygen atoms in total. The van der Waals surface area contributed by atoms with Gasteiger partial charge < -0.3 is 10.4 Å². The zero-order valence-electron chi connectivity index (χ0n) is 10.7. The topological polar surface area (TPSA) is 49.3 Å². The quantitative estimate of drug-likeness (QED) is 0.904. The van der Waals surface area contributed by atoms with E-state index in [4.69, 9.17) is 11.6 Å². The molecular weight excluding hydrogens is 281 g/mol. The van der Waals surface area contributed by atoms with Crippen LogP contribution in [0.5, 0.6) is 0 Å². The van der Waals surface area contributed by atoms with Gasteiger partial charge >= 0.3 is 0 Å². The Hall–Kier alpha value is -1.91. The summed E-state index contributed by atoms with van der Waals surface area (Å²) in [5.74, 6) is -1.18. The lowest BCUT2D eigenvalue weighted by atomic mass is 10.1. The first kappa shape index (κ1) is 14.5. The number of hydrogen-bond donors (Lipinski definition) is 2. The normalized spacial score (nSPS) is 12.0. The molecule has 0 saturated carbocycles. The van der Waals surface area contributed by atoms with Gasteiger partial charge in [-0.15, -0.1) is 0 Å². The van der Waals surface area contributed by atoms with Crippen molar-refractivity contribution >= 4 is 23.2 Å². The second kappa shape index (κ2) is 6.03. The Morgan fingerprint density at radius 3 is 2.65 bits per heavy atom. The van der Waals surface area contributed by atoms with E-state index in [9.17, 15) is 14.3 Å². The van der Waals surface area contributed by atoms with Crippen LogP contribution in [0, 0.1) is 5.82 Å². The first-order chi connectivity index (χ1) is 9.50. The Morgan fingerprint density at radius 2 is 1.95 bits per heavy atom. The largest absolute Gasteiger partial charge is 0.389 e. The molecule has 0 spiro atoms. The lowest BCUT2D eigenvalue weighted by Crippen LogP contribution is -2.14. The summed E-state index contributed by atoms with van der Waals surface area (Å²) in [5.41, 5.74) is 1.09. The molecule has 2 aromatic rings. The average molecular weight is 294 g/mol. The Morgan fingerprint density at radius 1 is 1.25 bits per heavy atom. The van der Waals surface area contributed by atoms with Gasteiger partial charge in [-0.25, -0.2) is 4.39 Å². The van der Waals surface area contributed by atoms with Crippen LogP contribution in [-0.2, 0) is 0 Å². The molecule has 20 heavy (non-hydrogen) atoms. The Labute approximate surface area is 121 Å². The molecular formula is C15H13ClFNO2. The fourth-order valence-corrected chi connectivity index (χ4v) is 2.06. The molecule has 0 heterocycles. The second-order valence-corrected chi connectivity index (χ2v) is 4.70. The van der Waals surface area contributed by atoms with Crippen LogP contribution in [0.2, 0.25) is 5.02 Å². The predicted molar refractivity (Wildman–Crippen MR) is 76.4 cm³/mol. The molecule has 2 N–H and O–H groups in total. The van der Waals surface area contributed by atoms with E-state index in [-0.39, 0.29) is 10.6 Å². The van der Waals surface area contributed by atoms with E-state index in [1.54, 1.807) is 31.2 Å². The van der Waals surface area contributed by atoms with Crippen LogP contribution in [0.3, 0.4) is 0 Å². The molecule has 0 aliphatic carbocycles. The van der Waals surface area contributed by atoms with E-state index in [2.05, 4.69) is 5.32 Å². The third-order valence-corrected chi connectivity index (χ3v) is 3.24. The van der Waals surface area contributed by atoms with Gasteiger partial charge in [-0.1, -0.05) is 35.9 Å². The van der Waals surface area contributed by atoms with Crippen LogP contribution >= 0.6 is 11.6 Å². The SMILES string of the molecule is CC(O)c1ccccc1NC(=O)c1cccc(F)c1Cl. The van der Waals surface area contributed by atoms with Gasteiger partial charge in [0.1, 0.15) is 5.82 Å². The molecule has 0 aliphatic rings. The minimum Gasteiger partial charge on any atom is -0.389 e. The first-order valence-corrected chi connectivity index (χ1v) is 6.41. The predicted octanol–water partition coefficient (Wildman–Crippen LogP) is 3.78. The van der Waals surface area contributed by atoms with Gasteiger partial charge in [-0.3, -0.25) is 4.79 Å². The molecule has 0 fully saturated rings. The van der Waals surface area contributed by atoms with Crippen molar-refractivity contribution in [1.82, 2.24) is 0 Å². The number of carbonyl (C=O) groups is 1. The van der Waals surface area contributed by atoms with Crippen molar-refractivity contribution in [2.75, 3.05) is 5.32 Å². The molecule has 1 atom stereocenters. The van der Waals surface area contributed by atoms with E-state index in [0.717, 1.165) is 0 Å². The summed E-state index contributed by atoms with van der Waals surface area (Å²) in [7, 11) is 0. The molecule has 5 heteroatoms. The number of carbonyl (C=O) groups excluding carboxylic acids is 1. The van der Waals surface area contributed by atoms with Crippen molar-refractivity contribution in [2.45, 2.75) is 13.0 Å². The molecule has 1 unspecified atom stereocenters. The maximum Gasteiger partial charge on any atom is 0.257 e. The molecule has 0 aliphatic heterocycles. The van der Waals surface area contributed by atoms with E-state index < -0.39 is 17.8 Å². The summed E-state index contributed by atoms with van der Waals surface area (Å²) in [5, 5.41) is 12.1. The number of aliphatic hydroxyl groups is 1. The van der Waals surface area contributed by atoms with Gasteiger partial charge in [0.15, 0.2) is 0 Å². The number of benzene rings is 2. The van der Waals surface area contributed by atoms with E-state index in [1.807, 2.05) is 0 Å². The van der Waals surface area contributed by atoms with E-state index in [0.29, 0.717) is 11.3 Å². The zero-order chi connectivity index (χ0) is 14.7. The van der Waals surface area contributed by atoms with Gasteiger partial charge in [0, 0.05) is 11.3 Å². The monoisotopic (exact) mass is 293 g/mol. The number of amides is 1. The second-order valence-electron chi connectivity index (χ2n) is 4.32. The average Bonchev–Trinajstić information content (AvgIpc) is 2.42.